The molecule has 0 aromatic carbocycles. The molecule has 0 bridgehead atoms. The van der Waals surface area contributed by atoms with E-state index < -0.39 is 0 Å². The van der Waals surface area contributed by atoms with E-state index in [0.717, 1.165) is 17.4 Å². The van der Waals surface area contributed by atoms with Gasteiger partial charge in [-0.15, -0.1) is 22.7 Å². The molecule has 0 aliphatic heterocycles. The van der Waals surface area contributed by atoms with Gasteiger partial charge in [-0.1, -0.05) is 17.7 Å². The van der Waals surface area contributed by atoms with Gasteiger partial charge in [0.05, 0.1) is 4.34 Å². The smallest absolute Gasteiger partial charge is 0.0931 e. The number of halogens is 1. The van der Waals surface area contributed by atoms with Crippen LogP contribution in [0.3, 0.4) is 0 Å². The summed E-state index contributed by atoms with van der Waals surface area (Å²) >= 11 is 9.24. The summed E-state index contributed by atoms with van der Waals surface area (Å²) in [6.45, 7) is 1.84. The van der Waals surface area contributed by atoms with Gasteiger partial charge in [0.2, 0.25) is 0 Å². The second-order valence-corrected chi connectivity index (χ2v) is 5.72. The van der Waals surface area contributed by atoms with Crippen LogP contribution in [0.4, 0.5) is 0 Å². The van der Waals surface area contributed by atoms with E-state index in [9.17, 15) is 0 Å². The number of nitrogens with one attached hydrogen (secondary N) is 1. The van der Waals surface area contributed by atoms with E-state index in [1.807, 2.05) is 6.07 Å². The highest BCUT2D eigenvalue weighted by Crippen LogP contribution is 2.21. The van der Waals surface area contributed by atoms with Crippen LogP contribution in [0.1, 0.15) is 9.75 Å². The summed E-state index contributed by atoms with van der Waals surface area (Å²) in [4.78, 5) is 2.65. The summed E-state index contributed by atoms with van der Waals surface area (Å²) < 4.78 is 0.859. The highest BCUT2D eigenvalue weighted by Gasteiger charge is 1.97. The Morgan fingerprint density at radius 1 is 1.14 bits per heavy atom. The summed E-state index contributed by atoms with van der Waals surface area (Å²) in [6, 6.07) is 8.21. The molecule has 0 saturated carbocycles. The average Bonchev–Trinajstić information content (AvgIpc) is 2.77. The third-order valence-electron chi connectivity index (χ3n) is 1.81. The molecule has 14 heavy (non-hydrogen) atoms. The molecular weight excluding hydrogens is 234 g/mol. The fourth-order valence-electron chi connectivity index (χ4n) is 1.17. The van der Waals surface area contributed by atoms with Crippen LogP contribution in [0.5, 0.6) is 0 Å². The Morgan fingerprint density at radius 2 is 2.00 bits per heavy atom. The van der Waals surface area contributed by atoms with E-state index in [4.69, 9.17) is 11.6 Å². The molecule has 0 radical (unpaired) electrons. The van der Waals surface area contributed by atoms with Gasteiger partial charge in [-0.3, -0.25) is 0 Å². The molecule has 0 spiro atoms. The average molecular weight is 244 g/mol. The minimum Gasteiger partial charge on any atom is -0.307 e. The van der Waals surface area contributed by atoms with Crippen LogP contribution in [0.2, 0.25) is 4.34 Å². The zero-order valence-corrected chi connectivity index (χ0v) is 9.88. The maximum Gasteiger partial charge on any atom is 0.0931 e. The van der Waals surface area contributed by atoms with Crippen molar-refractivity contribution in [1.29, 1.82) is 0 Å². The Morgan fingerprint density at radius 3 is 2.64 bits per heavy atom. The fourth-order valence-corrected chi connectivity index (χ4v) is 2.90. The number of rotatable bonds is 4. The predicted octanol–water partition coefficient (Wildman–Crippen LogP) is 3.75. The lowest BCUT2D eigenvalue weighted by molar-refractivity contribution is 0.709. The molecule has 0 aliphatic carbocycles. The molecule has 2 aromatic rings. The van der Waals surface area contributed by atoms with Crippen LogP contribution in [0, 0.1) is 0 Å². The molecule has 0 atom stereocenters. The third-order valence-corrected chi connectivity index (χ3v) is 3.91. The molecule has 2 rings (SSSR count). The molecule has 0 amide bonds. The lowest BCUT2D eigenvalue weighted by Gasteiger charge is -1.99. The lowest BCUT2D eigenvalue weighted by Crippen LogP contribution is -2.10. The van der Waals surface area contributed by atoms with Crippen molar-refractivity contribution in [2.24, 2.45) is 0 Å². The Bertz CT molecular complexity index is 380. The van der Waals surface area contributed by atoms with Crippen LogP contribution in [-0.2, 0) is 13.1 Å². The molecule has 1 N–H and O–H groups in total. The van der Waals surface area contributed by atoms with Gasteiger partial charge in [-0.05, 0) is 23.6 Å². The molecule has 0 aliphatic rings. The highest BCUT2D eigenvalue weighted by atomic mass is 35.5. The first-order valence-corrected chi connectivity index (χ1v) is 6.39. The Kier molecular flexibility index (Phi) is 3.59. The topological polar surface area (TPSA) is 12.0 Å². The van der Waals surface area contributed by atoms with Crippen molar-refractivity contribution in [3.63, 3.8) is 0 Å². The van der Waals surface area contributed by atoms with E-state index >= 15 is 0 Å². The van der Waals surface area contributed by atoms with Crippen LogP contribution in [-0.4, -0.2) is 0 Å². The molecule has 0 unspecified atom stereocenters. The van der Waals surface area contributed by atoms with E-state index in [2.05, 4.69) is 28.9 Å². The SMILES string of the molecule is Clc1ccc(CNCc2cccs2)s1. The first kappa shape index (κ1) is 10.2. The molecule has 2 heterocycles. The van der Waals surface area contributed by atoms with Crippen molar-refractivity contribution in [3.8, 4) is 0 Å². The Hall–Kier alpha value is -0.350. The first-order chi connectivity index (χ1) is 6.84. The van der Waals surface area contributed by atoms with Crippen molar-refractivity contribution in [2.45, 2.75) is 13.1 Å². The quantitative estimate of drug-likeness (QED) is 0.863. The summed E-state index contributed by atoms with van der Waals surface area (Å²) in [5.74, 6) is 0. The van der Waals surface area contributed by atoms with Crippen LogP contribution in [0.25, 0.3) is 0 Å². The third kappa shape index (κ3) is 2.82. The van der Waals surface area contributed by atoms with Gasteiger partial charge in [0.1, 0.15) is 0 Å². The van der Waals surface area contributed by atoms with Gasteiger partial charge in [-0.2, -0.15) is 0 Å². The zero-order valence-electron chi connectivity index (χ0n) is 7.50. The molecule has 0 fully saturated rings. The normalized spacial score (nSPS) is 10.6. The molecule has 0 saturated heterocycles. The predicted molar refractivity (Wildman–Crippen MR) is 64.2 cm³/mol. The van der Waals surface area contributed by atoms with Crippen molar-refractivity contribution in [3.05, 3.63) is 43.7 Å². The summed E-state index contributed by atoms with van der Waals surface area (Å²) in [5, 5.41) is 5.48. The first-order valence-electron chi connectivity index (χ1n) is 4.32. The maximum atomic E-state index is 5.83. The summed E-state index contributed by atoms with van der Waals surface area (Å²) in [7, 11) is 0. The van der Waals surface area contributed by atoms with Crippen molar-refractivity contribution >= 4 is 34.3 Å². The number of hydrogen-bond donors (Lipinski definition) is 1. The van der Waals surface area contributed by atoms with Gasteiger partial charge >= 0.3 is 0 Å². The van der Waals surface area contributed by atoms with E-state index in [-0.39, 0.29) is 0 Å². The largest absolute Gasteiger partial charge is 0.307 e. The fraction of sp³-hybridized carbons (Fsp3) is 0.200. The number of thiophene rings is 2. The Labute approximate surface area is 96.4 Å². The van der Waals surface area contributed by atoms with Gasteiger partial charge in [0.15, 0.2) is 0 Å². The van der Waals surface area contributed by atoms with Crippen molar-refractivity contribution in [2.75, 3.05) is 0 Å². The molecule has 2 aromatic heterocycles. The van der Waals surface area contributed by atoms with Gasteiger partial charge in [0.25, 0.3) is 0 Å². The van der Waals surface area contributed by atoms with Crippen LogP contribution >= 0.6 is 34.3 Å². The summed E-state index contributed by atoms with van der Waals surface area (Å²) in [6.07, 6.45) is 0. The second kappa shape index (κ2) is 4.94. The van der Waals surface area contributed by atoms with Crippen molar-refractivity contribution in [1.82, 2.24) is 5.32 Å². The van der Waals surface area contributed by atoms with E-state index in [1.54, 1.807) is 22.7 Å². The second-order valence-electron chi connectivity index (χ2n) is 2.89. The molecular formula is C10H10ClNS2. The van der Waals surface area contributed by atoms with Gasteiger partial charge in [0, 0.05) is 22.8 Å². The minimum atomic E-state index is 0.859. The molecule has 1 nitrogen and oxygen atoms in total. The molecule has 4 heteroatoms. The monoisotopic (exact) mass is 243 g/mol. The van der Waals surface area contributed by atoms with E-state index in [0.29, 0.717) is 0 Å². The Balaban J connectivity index is 1.78. The van der Waals surface area contributed by atoms with Crippen molar-refractivity contribution < 1.29 is 0 Å². The van der Waals surface area contributed by atoms with Crippen LogP contribution in [0.15, 0.2) is 29.6 Å². The van der Waals surface area contributed by atoms with Gasteiger partial charge < -0.3 is 5.32 Å². The molecule has 74 valence electrons. The maximum absolute atomic E-state index is 5.83. The van der Waals surface area contributed by atoms with Gasteiger partial charge in [-0.25, -0.2) is 0 Å². The summed E-state index contributed by atoms with van der Waals surface area (Å²) in [5.41, 5.74) is 0. The number of hydrogen-bond acceptors (Lipinski definition) is 3. The minimum absolute atomic E-state index is 0.859. The standard InChI is InChI=1S/C10H10ClNS2/c11-10-4-3-9(14-10)7-12-6-8-2-1-5-13-8/h1-5,12H,6-7H2. The van der Waals surface area contributed by atoms with E-state index in [1.165, 1.54) is 9.75 Å². The lowest BCUT2D eigenvalue weighted by atomic mass is 10.4. The zero-order chi connectivity index (χ0) is 9.80. The highest BCUT2D eigenvalue weighted by molar-refractivity contribution is 7.16. The van der Waals surface area contributed by atoms with Crippen LogP contribution < -0.4 is 5.32 Å².